The molecular weight excluding hydrogens is 382 g/mol. The molecule has 2 aliphatic rings. The molecule has 1 fully saturated rings. The van der Waals surface area contributed by atoms with E-state index in [-0.39, 0.29) is 22.9 Å². The molecule has 2 N–H and O–H groups in total. The average molecular weight is 406 g/mol. The summed E-state index contributed by atoms with van der Waals surface area (Å²) >= 11 is 6.47. The Balaban J connectivity index is 1.80. The van der Waals surface area contributed by atoms with E-state index < -0.39 is 11.7 Å². The molecule has 2 unspecified atom stereocenters. The van der Waals surface area contributed by atoms with Crippen LogP contribution in [-0.2, 0) is 4.74 Å². The number of aromatic nitrogens is 1. The quantitative estimate of drug-likeness (QED) is 0.569. The molecule has 2 heterocycles. The Morgan fingerprint density at radius 2 is 2.00 bits per heavy atom. The van der Waals surface area contributed by atoms with E-state index in [9.17, 15) is 15.0 Å². The van der Waals surface area contributed by atoms with Gasteiger partial charge in [0.2, 0.25) is 0 Å². The van der Waals surface area contributed by atoms with Crippen LogP contribution in [0.4, 0.5) is 0 Å². The summed E-state index contributed by atoms with van der Waals surface area (Å²) in [6.45, 7) is 5.47. The van der Waals surface area contributed by atoms with Gasteiger partial charge in [-0.1, -0.05) is 25.4 Å². The normalized spacial score (nSPS) is 21.1. The molecule has 28 heavy (non-hydrogen) atoms. The van der Waals surface area contributed by atoms with Gasteiger partial charge in [0.05, 0.1) is 22.9 Å². The van der Waals surface area contributed by atoms with Gasteiger partial charge in [-0.25, -0.2) is 0 Å². The van der Waals surface area contributed by atoms with Crippen LogP contribution in [-0.4, -0.2) is 35.1 Å². The molecule has 4 rings (SSSR count). The zero-order valence-electron chi connectivity index (χ0n) is 16.1. The molecule has 1 saturated carbocycles. The van der Waals surface area contributed by atoms with E-state index >= 15 is 0 Å². The fraction of sp³-hybridized carbons (Fsp3) is 0.476. The van der Waals surface area contributed by atoms with Gasteiger partial charge in [0.1, 0.15) is 5.75 Å². The Kier molecular flexibility index (Phi) is 4.78. The molecule has 0 saturated heterocycles. The lowest BCUT2D eigenvalue weighted by Crippen LogP contribution is -2.19. The summed E-state index contributed by atoms with van der Waals surface area (Å²) in [6.07, 6.45) is 0.547. The van der Waals surface area contributed by atoms with E-state index in [1.165, 1.54) is 6.07 Å². The van der Waals surface area contributed by atoms with Crippen LogP contribution < -0.4 is 10.2 Å². The first kappa shape index (κ1) is 19.5. The van der Waals surface area contributed by atoms with Crippen LogP contribution in [0.2, 0.25) is 5.02 Å². The van der Waals surface area contributed by atoms with Crippen molar-refractivity contribution in [1.82, 2.24) is 4.57 Å². The molecule has 1 aliphatic heterocycles. The zero-order chi connectivity index (χ0) is 20.2. The van der Waals surface area contributed by atoms with Crippen LogP contribution in [0.3, 0.4) is 0 Å². The third-order valence-electron chi connectivity index (χ3n) is 5.92. The predicted octanol–water partition coefficient (Wildman–Crippen LogP) is 3.25. The molecule has 2 atom stereocenters. The first-order chi connectivity index (χ1) is 13.3. The van der Waals surface area contributed by atoms with Crippen molar-refractivity contribution in [2.24, 2.45) is 5.41 Å². The minimum absolute atomic E-state index is 0.0159. The van der Waals surface area contributed by atoms with Gasteiger partial charge in [-0.05, 0) is 23.1 Å². The van der Waals surface area contributed by atoms with E-state index in [4.69, 9.17) is 21.1 Å². The van der Waals surface area contributed by atoms with Crippen molar-refractivity contribution in [3.05, 3.63) is 50.8 Å². The van der Waals surface area contributed by atoms with E-state index in [1.54, 1.807) is 13.3 Å². The number of methoxy groups -OCH3 is 1. The van der Waals surface area contributed by atoms with Crippen molar-refractivity contribution in [3.63, 3.8) is 0 Å². The summed E-state index contributed by atoms with van der Waals surface area (Å²) in [4.78, 5) is 12.4. The van der Waals surface area contributed by atoms with Gasteiger partial charge < -0.3 is 24.3 Å². The Hall–Kier alpha value is -1.86. The molecule has 1 aliphatic carbocycles. The summed E-state index contributed by atoms with van der Waals surface area (Å²) in [6, 6.07) is 5.43. The molecule has 7 heteroatoms. The molecule has 0 radical (unpaired) electrons. The summed E-state index contributed by atoms with van der Waals surface area (Å²) in [5.41, 5.74) is 2.28. The largest absolute Gasteiger partial charge is 0.492 e. The van der Waals surface area contributed by atoms with Crippen molar-refractivity contribution in [2.45, 2.75) is 38.5 Å². The first-order valence-electron chi connectivity index (χ1n) is 9.35. The van der Waals surface area contributed by atoms with Gasteiger partial charge in [-0.2, -0.15) is 0 Å². The van der Waals surface area contributed by atoms with Crippen molar-refractivity contribution in [1.29, 1.82) is 0 Å². The van der Waals surface area contributed by atoms with Crippen molar-refractivity contribution in [3.8, 4) is 17.0 Å². The fourth-order valence-electron chi connectivity index (χ4n) is 4.45. The fourth-order valence-corrected chi connectivity index (χ4v) is 4.67. The Morgan fingerprint density at radius 3 is 2.68 bits per heavy atom. The van der Waals surface area contributed by atoms with Crippen LogP contribution >= 0.6 is 11.6 Å². The van der Waals surface area contributed by atoms with Crippen LogP contribution in [0, 0.1) is 5.41 Å². The highest BCUT2D eigenvalue weighted by Crippen LogP contribution is 2.71. The number of nitrogens with zero attached hydrogens (tertiary/aromatic N) is 1. The molecule has 1 aromatic carbocycles. The van der Waals surface area contributed by atoms with Gasteiger partial charge in [0.15, 0.2) is 11.7 Å². The standard InChI is InChI=1S/C21H24ClNO5/c1-21(2)18-12-8-17(28-6-4-5-27-3)14(22)7-11(12)15-9-16(24)13(20(25)26)10-23(15)19(18)21/h7-10,18-20,25-26H,4-6H2,1-3H3. The molecule has 0 spiro atoms. The van der Waals surface area contributed by atoms with E-state index in [1.807, 2.05) is 16.7 Å². The van der Waals surface area contributed by atoms with Crippen LogP contribution in [0.15, 0.2) is 29.2 Å². The SMILES string of the molecule is COCCCOc1cc2c(cc1Cl)-c1cc(=O)c(C(O)O)cn1C1C2C1(C)C. The topological polar surface area (TPSA) is 80.9 Å². The number of aliphatic hydroxyl groups is 2. The van der Waals surface area contributed by atoms with Crippen LogP contribution in [0.5, 0.6) is 5.75 Å². The number of aliphatic hydroxyl groups excluding tert-OH is 1. The second kappa shape index (κ2) is 6.88. The highest BCUT2D eigenvalue weighted by Gasteiger charge is 2.62. The zero-order valence-corrected chi connectivity index (χ0v) is 16.9. The van der Waals surface area contributed by atoms with Gasteiger partial charge in [-0.15, -0.1) is 0 Å². The maximum atomic E-state index is 12.4. The number of rotatable bonds is 6. The molecule has 6 nitrogen and oxygen atoms in total. The maximum Gasteiger partial charge on any atom is 0.190 e. The molecular formula is C21H24ClNO5. The van der Waals surface area contributed by atoms with E-state index in [0.29, 0.717) is 24.0 Å². The number of fused-ring (bicyclic) bond motifs is 6. The third-order valence-corrected chi connectivity index (χ3v) is 6.22. The minimum Gasteiger partial charge on any atom is -0.492 e. The van der Waals surface area contributed by atoms with Gasteiger partial charge in [0.25, 0.3) is 0 Å². The predicted molar refractivity (Wildman–Crippen MR) is 106 cm³/mol. The van der Waals surface area contributed by atoms with Crippen molar-refractivity contribution >= 4 is 11.6 Å². The number of ether oxygens (including phenoxy) is 2. The number of benzene rings is 1. The molecule has 0 amide bonds. The third kappa shape index (κ3) is 2.95. The summed E-state index contributed by atoms with van der Waals surface area (Å²) < 4.78 is 12.9. The monoisotopic (exact) mass is 405 g/mol. The van der Waals surface area contributed by atoms with Crippen LogP contribution in [0.25, 0.3) is 11.3 Å². The summed E-state index contributed by atoms with van der Waals surface area (Å²) in [5, 5.41) is 19.5. The van der Waals surface area contributed by atoms with Gasteiger partial charge in [0, 0.05) is 49.9 Å². The molecule has 0 bridgehead atoms. The Bertz CT molecular complexity index is 981. The maximum absolute atomic E-state index is 12.4. The number of hydrogen-bond donors (Lipinski definition) is 2. The van der Waals surface area contributed by atoms with Gasteiger partial charge in [-0.3, -0.25) is 4.79 Å². The van der Waals surface area contributed by atoms with E-state index in [2.05, 4.69) is 13.8 Å². The molecule has 2 aromatic rings. The second-order valence-electron chi connectivity index (χ2n) is 8.07. The molecule has 1 aromatic heterocycles. The van der Waals surface area contributed by atoms with Gasteiger partial charge >= 0.3 is 0 Å². The first-order valence-corrected chi connectivity index (χ1v) is 9.73. The van der Waals surface area contributed by atoms with Crippen molar-refractivity contribution in [2.75, 3.05) is 20.3 Å². The smallest absolute Gasteiger partial charge is 0.190 e. The number of halogens is 1. The second-order valence-corrected chi connectivity index (χ2v) is 8.47. The lowest BCUT2D eigenvalue weighted by atomic mass is 9.94. The number of hydrogen-bond acceptors (Lipinski definition) is 5. The average Bonchev–Trinajstić information content (AvgIpc) is 3.21. The minimum atomic E-state index is -1.79. The van der Waals surface area contributed by atoms with E-state index in [0.717, 1.165) is 23.2 Å². The highest BCUT2D eigenvalue weighted by atomic mass is 35.5. The highest BCUT2D eigenvalue weighted by molar-refractivity contribution is 6.32. The molecule has 150 valence electrons. The Labute approximate surface area is 168 Å². The summed E-state index contributed by atoms with van der Waals surface area (Å²) in [5.74, 6) is 0.871. The lowest BCUT2D eigenvalue weighted by Gasteiger charge is -2.24. The Morgan fingerprint density at radius 1 is 1.25 bits per heavy atom. The van der Waals surface area contributed by atoms with Crippen molar-refractivity contribution < 1.29 is 19.7 Å². The number of pyridine rings is 1. The van der Waals surface area contributed by atoms with Crippen LogP contribution in [0.1, 0.15) is 49.6 Å². The summed E-state index contributed by atoms with van der Waals surface area (Å²) in [7, 11) is 1.65. The lowest BCUT2D eigenvalue weighted by molar-refractivity contribution is -0.0437.